The first-order valence-electron chi connectivity index (χ1n) is 3.47. The Kier molecular flexibility index (Phi) is 1.49. The molecule has 2 atom stereocenters. The summed E-state index contributed by atoms with van der Waals surface area (Å²) in [6.45, 7) is 3.51. The fraction of sp³-hybridized carbons (Fsp3) is 1.00. The number of halogens is 3. The van der Waals surface area contributed by atoms with Gasteiger partial charge in [-0.1, -0.05) is 20.3 Å². The molecule has 0 N–H and O–H groups in total. The van der Waals surface area contributed by atoms with Crippen LogP contribution in [0.5, 0.6) is 0 Å². The highest BCUT2D eigenvalue weighted by atomic mass is 19.4. The molecular weight excluding hydrogens is 141 g/mol. The van der Waals surface area contributed by atoms with Crippen LogP contribution in [0.1, 0.15) is 26.7 Å². The molecule has 0 bridgehead atoms. The summed E-state index contributed by atoms with van der Waals surface area (Å²) >= 11 is 0. The van der Waals surface area contributed by atoms with Crippen LogP contribution in [0.3, 0.4) is 0 Å². The van der Waals surface area contributed by atoms with Gasteiger partial charge in [0.2, 0.25) is 0 Å². The zero-order valence-electron chi connectivity index (χ0n) is 6.13. The van der Waals surface area contributed by atoms with Gasteiger partial charge in [-0.2, -0.15) is 13.2 Å². The van der Waals surface area contributed by atoms with Crippen molar-refractivity contribution in [3.05, 3.63) is 0 Å². The van der Waals surface area contributed by atoms with Crippen molar-refractivity contribution in [3.63, 3.8) is 0 Å². The van der Waals surface area contributed by atoms with Crippen molar-refractivity contribution in [2.24, 2.45) is 11.3 Å². The van der Waals surface area contributed by atoms with E-state index in [1.54, 1.807) is 6.92 Å². The molecule has 1 fully saturated rings. The summed E-state index contributed by atoms with van der Waals surface area (Å²) in [5.41, 5.74) is -0.432. The maximum atomic E-state index is 11.9. The SMILES string of the molecule is CCC1(C)CC1C(F)(F)F. The maximum Gasteiger partial charge on any atom is 0.392 e. The van der Waals surface area contributed by atoms with Crippen molar-refractivity contribution in [1.82, 2.24) is 0 Å². The number of rotatable bonds is 1. The third-order valence-corrected chi connectivity index (χ3v) is 2.55. The Morgan fingerprint density at radius 1 is 1.50 bits per heavy atom. The van der Waals surface area contributed by atoms with E-state index in [9.17, 15) is 13.2 Å². The lowest BCUT2D eigenvalue weighted by Crippen LogP contribution is -2.15. The van der Waals surface area contributed by atoms with Gasteiger partial charge >= 0.3 is 6.18 Å². The largest absolute Gasteiger partial charge is 0.392 e. The van der Waals surface area contributed by atoms with E-state index in [2.05, 4.69) is 0 Å². The lowest BCUT2D eigenvalue weighted by atomic mass is 10.0. The molecule has 0 amide bonds. The molecule has 0 aromatic rings. The molecule has 1 aliphatic carbocycles. The summed E-state index contributed by atoms with van der Waals surface area (Å²) in [5.74, 6) is -1.02. The Hall–Kier alpha value is -0.210. The topological polar surface area (TPSA) is 0 Å². The van der Waals surface area contributed by atoms with E-state index in [-0.39, 0.29) is 0 Å². The van der Waals surface area contributed by atoms with Gasteiger partial charge in [-0.3, -0.25) is 0 Å². The molecule has 0 aromatic heterocycles. The second kappa shape index (κ2) is 1.89. The van der Waals surface area contributed by atoms with Crippen LogP contribution in [0.15, 0.2) is 0 Å². The van der Waals surface area contributed by atoms with Crippen molar-refractivity contribution in [3.8, 4) is 0 Å². The first-order chi connectivity index (χ1) is 4.40. The standard InChI is InChI=1S/C7H11F3/c1-3-6(2)4-5(6)7(8,9)10/h5H,3-4H2,1-2H3. The van der Waals surface area contributed by atoms with E-state index < -0.39 is 17.5 Å². The molecule has 0 radical (unpaired) electrons. The highest BCUT2D eigenvalue weighted by Gasteiger charge is 2.62. The molecule has 3 heteroatoms. The first-order valence-corrected chi connectivity index (χ1v) is 3.47. The van der Waals surface area contributed by atoms with Gasteiger partial charge in [0.1, 0.15) is 0 Å². The molecule has 0 spiro atoms. The molecule has 1 saturated carbocycles. The quantitative estimate of drug-likeness (QED) is 0.541. The van der Waals surface area contributed by atoms with Gasteiger partial charge in [0.05, 0.1) is 5.92 Å². The van der Waals surface area contributed by atoms with Crippen LogP contribution in [0, 0.1) is 11.3 Å². The highest BCUT2D eigenvalue weighted by molar-refractivity contribution is 5.01. The van der Waals surface area contributed by atoms with Gasteiger partial charge in [-0.15, -0.1) is 0 Å². The molecule has 60 valence electrons. The van der Waals surface area contributed by atoms with E-state index in [1.807, 2.05) is 6.92 Å². The highest BCUT2D eigenvalue weighted by Crippen LogP contribution is 2.61. The minimum atomic E-state index is -3.95. The van der Waals surface area contributed by atoms with Crippen LogP contribution in [0.25, 0.3) is 0 Å². The third-order valence-electron chi connectivity index (χ3n) is 2.55. The van der Waals surface area contributed by atoms with Gasteiger partial charge < -0.3 is 0 Å². The molecule has 0 saturated heterocycles. The lowest BCUT2D eigenvalue weighted by molar-refractivity contribution is -0.155. The van der Waals surface area contributed by atoms with Gasteiger partial charge in [0.25, 0.3) is 0 Å². The molecular formula is C7H11F3. The molecule has 0 aliphatic heterocycles. The number of hydrogen-bond donors (Lipinski definition) is 0. The second-order valence-corrected chi connectivity index (χ2v) is 3.31. The Morgan fingerprint density at radius 2 is 2.00 bits per heavy atom. The second-order valence-electron chi connectivity index (χ2n) is 3.31. The third kappa shape index (κ3) is 1.13. The van der Waals surface area contributed by atoms with Gasteiger partial charge in [-0.25, -0.2) is 0 Å². The normalized spacial score (nSPS) is 39.9. The predicted molar refractivity (Wildman–Crippen MR) is 32.6 cm³/mol. The van der Waals surface area contributed by atoms with Crippen LogP contribution in [-0.4, -0.2) is 6.18 Å². The molecule has 2 unspecified atom stereocenters. The summed E-state index contributed by atoms with van der Waals surface area (Å²) in [5, 5.41) is 0. The molecule has 1 aliphatic rings. The first kappa shape index (κ1) is 7.89. The van der Waals surface area contributed by atoms with Crippen LogP contribution < -0.4 is 0 Å². The summed E-state index contributed by atoms with van der Waals surface area (Å²) in [6.07, 6.45) is -2.99. The Morgan fingerprint density at radius 3 is 2.10 bits per heavy atom. The van der Waals surface area contributed by atoms with E-state index in [0.29, 0.717) is 12.8 Å². The van der Waals surface area contributed by atoms with Crippen molar-refractivity contribution in [2.45, 2.75) is 32.9 Å². The van der Waals surface area contributed by atoms with Crippen molar-refractivity contribution >= 4 is 0 Å². The van der Waals surface area contributed by atoms with Gasteiger partial charge in [0, 0.05) is 0 Å². The molecule has 0 aromatic carbocycles. The van der Waals surface area contributed by atoms with Crippen molar-refractivity contribution in [1.29, 1.82) is 0 Å². The van der Waals surface area contributed by atoms with Crippen LogP contribution in [0.4, 0.5) is 13.2 Å². The molecule has 0 nitrogen and oxygen atoms in total. The summed E-state index contributed by atoms with van der Waals surface area (Å²) in [7, 11) is 0. The van der Waals surface area contributed by atoms with E-state index in [1.165, 1.54) is 0 Å². The maximum absolute atomic E-state index is 11.9. The lowest BCUT2D eigenvalue weighted by Gasteiger charge is -2.09. The Balaban J connectivity index is 2.52. The summed E-state index contributed by atoms with van der Waals surface area (Å²) in [4.78, 5) is 0. The zero-order chi connectivity index (χ0) is 7.99. The minimum Gasteiger partial charge on any atom is -0.171 e. The van der Waals surface area contributed by atoms with Crippen molar-refractivity contribution < 1.29 is 13.2 Å². The van der Waals surface area contributed by atoms with Gasteiger partial charge in [0.15, 0.2) is 0 Å². The summed E-state index contributed by atoms with van der Waals surface area (Å²) in [6, 6.07) is 0. The Bertz CT molecular complexity index is 138. The molecule has 0 heterocycles. The Labute approximate surface area is 58.4 Å². The summed E-state index contributed by atoms with van der Waals surface area (Å²) < 4.78 is 35.8. The van der Waals surface area contributed by atoms with E-state index in [4.69, 9.17) is 0 Å². The fourth-order valence-corrected chi connectivity index (χ4v) is 1.31. The van der Waals surface area contributed by atoms with Gasteiger partial charge in [-0.05, 0) is 11.8 Å². The van der Waals surface area contributed by atoms with E-state index >= 15 is 0 Å². The van der Waals surface area contributed by atoms with Crippen LogP contribution >= 0.6 is 0 Å². The fourth-order valence-electron chi connectivity index (χ4n) is 1.31. The minimum absolute atomic E-state index is 0.326. The molecule has 10 heavy (non-hydrogen) atoms. The van der Waals surface area contributed by atoms with Crippen molar-refractivity contribution in [2.75, 3.05) is 0 Å². The van der Waals surface area contributed by atoms with E-state index in [0.717, 1.165) is 0 Å². The van der Waals surface area contributed by atoms with Crippen LogP contribution in [-0.2, 0) is 0 Å². The molecule has 1 rings (SSSR count). The average molecular weight is 152 g/mol. The monoisotopic (exact) mass is 152 g/mol. The number of alkyl halides is 3. The zero-order valence-corrected chi connectivity index (χ0v) is 6.13. The number of hydrogen-bond acceptors (Lipinski definition) is 0. The van der Waals surface area contributed by atoms with Crippen LogP contribution in [0.2, 0.25) is 0 Å². The average Bonchev–Trinajstić information content (AvgIpc) is 2.43. The predicted octanol–water partition coefficient (Wildman–Crippen LogP) is 2.98. The smallest absolute Gasteiger partial charge is 0.171 e.